The van der Waals surface area contributed by atoms with Crippen LogP contribution < -0.4 is 10.5 Å². The largest absolute Gasteiger partial charge is 0.491 e. The standard InChI is InChI=1S/C17H24N2O2/c1-3-19-9-10-20-17(12-19)13-21-16-7-6-15(5-4-8-18)14(2)11-16/h6-7,11,17H,3,8-10,12-13,18H2,1-2H3. The Kier molecular flexibility index (Phi) is 6.06. The molecule has 1 saturated heterocycles. The van der Waals surface area contributed by atoms with E-state index in [9.17, 15) is 0 Å². The lowest BCUT2D eigenvalue weighted by Gasteiger charge is -2.31. The molecule has 0 spiro atoms. The number of hydrogen-bond donors (Lipinski definition) is 1. The van der Waals surface area contributed by atoms with Crippen molar-refractivity contribution in [1.29, 1.82) is 0 Å². The molecule has 1 aliphatic heterocycles. The molecule has 4 heteroatoms. The molecule has 2 N–H and O–H groups in total. The van der Waals surface area contributed by atoms with E-state index in [1.807, 2.05) is 25.1 Å². The van der Waals surface area contributed by atoms with E-state index in [-0.39, 0.29) is 6.10 Å². The molecule has 0 radical (unpaired) electrons. The molecule has 114 valence electrons. The Hall–Kier alpha value is -1.54. The number of nitrogens with zero attached hydrogens (tertiary/aromatic N) is 1. The van der Waals surface area contributed by atoms with Gasteiger partial charge >= 0.3 is 0 Å². The summed E-state index contributed by atoms with van der Waals surface area (Å²) in [6.07, 6.45) is 0.149. The Bertz CT molecular complexity index is 519. The van der Waals surface area contributed by atoms with Gasteiger partial charge in [0.15, 0.2) is 0 Å². The molecule has 0 aliphatic carbocycles. The second-order valence-corrected chi connectivity index (χ2v) is 5.18. The van der Waals surface area contributed by atoms with Crippen molar-refractivity contribution in [1.82, 2.24) is 4.90 Å². The van der Waals surface area contributed by atoms with Crippen LogP contribution in [0.3, 0.4) is 0 Å². The van der Waals surface area contributed by atoms with Gasteiger partial charge in [0.1, 0.15) is 18.5 Å². The molecule has 1 aromatic carbocycles. The molecular weight excluding hydrogens is 264 g/mol. The van der Waals surface area contributed by atoms with Crippen molar-refractivity contribution in [3.63, 3.8) is 0 Å². The van der Waals surface area contributed by atoms with Crippen molar-refractivity contribution in [3.05, 3.63) is 29.3 Å². The van der Waals surface area contributed by atoms with E-state index in [1.54, 1.807) is 0 Å². The van der Waals surface area contributed by atoms with Gasteiger partial charge in [-0.25, -0.2) is 0 Å². The number of rotatable bonds is 4. The lowest BCUT2D eigenvalue weighted by molar-refractivity contribution is -0.0464. The Morgan fingerprint density at radius 1 is 1.48 bits per heavy atom. The fourth-order valence-corrected chi connectivity index (χ4v) is 2.37. The Balaban J connectivity index is 1.90. The monoisotopic (exact) mass is 288 g/mol. The summed E-state index contributed by atoms with van der Waals surface area (Å²) in [5, 5.41) is 0. The third-order valence-electron chi connectivity index (χ3n) is 3.63. The summed E-state index contributed by atoms with van der Waals surface area (Å²) in [5.41, 5.74) is 7.50. The zero-order valence-corrected chi connectivity index (χ0v) is 12.9. The topological polar surface area (TPSA) is 47.7 Å². The molecule has 1 aromatic rings. The Morgan fingerprint density at radius 3 is 3.05 bits per heavy atom. The maximum atomic E-state index is 5.85. The third-order valence-corrected chi connectivity index (χ3v) is 3.63. The average Bonchev–Trinajstić information content (AvgIpc) is 2.52. The molecule has 1 aliphatic rings. The zero-order chi connectivity index (χ0) is 15.1. The van der Waals surface area contributed by atoms with Gasteiger partial charge in [0, 0.05) is 18.7 Å². The number of aryl methyl sites for hydroxylation is 1. The summed E-state index contributed by atoms with van der Waals surface area (Å²) in [5.74, 6) is 6.79. The molecule has 1 atom stereocenters. The number of nitrogens with two attached hydrogens (primary N) is 1. The number of ether oxygens (including phenoxy) is 2. The molecule has 0 saturated carbocycles. The van der Waals surface area contributed by atoms with Crippen LogP contribution >= 0.6 is 0 Å². The number of benzene rings is 1. The molecule has 0 bridgehead atoms. The van der Waals surface area contributed by atoms with Gasteiger partial charge < -0.3 is 15.2 Å². The van der Waals surface area contributed by atoms with Crippen LogP contribution in [0.25, 0.3) is 0 Å². The first-order valence-corrected chi connectivity index (χ1v) is 7.49. The molecule has 1 fully saturated rings. The fraction of sp³-hybridized carbons (Fsp3) is 0.529. The first-order valence-electron chi connectivity index (χ1n) is 7.49. The van der Waals surface area contributed by atoms with E-state index in [1.165, 1.54) is 0 Å². The lowest BCUT2D eigenvalue weighted by atomic mass is 10.1. The smallest absolute Gasteiger partial charge is 0.119 e. The van der Waals surface area contributed by atoms with E-state index < -0.39 is 0 Å². The van der Waals surface area contributed by atoms with Crippen LogP contribution in [0.15, 0.2) is 18.2 Å². The van der Waals surface area contributed by atoms with Crippen LogP contribution in [0.1, 0.15) is 18.1 Å². The first kappa shape index (κ1) is 15.8. The van der Waals surface area contributed by atoms with Gasteiger partial charge in [-0.15, -0.1) is 0 Å². The van der Waals surface area contributed by atoms with Gasteiger partial charge in [-0.3, -0.25) is 4.90 Å². The van der Waals surface area contributed by atoms with Gasteiger partial charge in [0.2, 0.25) is 0 Å². The van der Waals surface area contributed by atoms with E-state index in [4.69, 9.17) is 15.2 Å². The number of morpholine rings is 1. The van der Waals surface area contributed by atoms with Gasteiger partial charge in [0.25, 0.3) is 0 Å². The van der Waals surface area contributed by atoms with E-state index in [0.29, 0.717) is 13.2 Å². The van der Waals surface area contributed by atoms with Crippen molar-refractivity contribution >= 4 is 0 Å². The fourth-order valence-electron chi connectivity index (χ4n) is 2.37. The van der Waals surface area contributed by atoms with E-state index >= 15 is 0 Å². The predicted molar refractivity (Wildman–Crippen MR) is 84.5 cm³/mol. The summed E-state index contributed by atoms with van der Waals surface area (Å²) in [6.45, 7) is 8.98. The molecule has 0 amide bonds. The predicted octanol–water partition coefficient (Wildman–Crippen LogP) is 1.40. The maximum Gasteiger partial charge on any atom is 0.119 e. The third kappa shape index (κ3) is 4.75. The Labute approximate surface area is 127 Å². The minimum atomic E-state index is 0.149. The van der Waals surface area contributed by atoms with Crippen LogP contribution in [0.4, 0.5) is 0 Å². The second-order valence-electron chi connectivity index (χ2n) is 5.18. The van der Waals surface area contributed by atoms with Crippen molar-refractivity contribution in [2.45, 2.75) is 20.0 Å². The van der Waals surface area contributed by atoms with Crippen molar-refractivity contribution in [2.24, 2.45) is 5.73 Å². The van der Waals surface area contributed by atoms with E-state index in [2.05, 4.69) is 23.7 Å². The highest BCUT2D eigenvalue weighted by Gasteiger charge is 2.19. The summed E-state index contributed by atoms with van der Waals surface area (Å²) < 4.78 is 11.6. The molecule has 4 nitrogen and oxygen atoms in total. The van der Waals surface area contributed by atoms with Gasteiger partial charge in [-0.2, -0.15) is 0 Å². The van der Waals surface area contributed by atoms with Gasteiger partial charge in [0.05, 0.1) is 13.2 Å². The van der Waals surface area contributed by atoms with Crippen LogP contribution in [-0.4, -0.2) is 50.4 Å². The average molecular weight is 288 g/mol. The minimum absolute atomic E-state index is 0.149. The normalized spacial score (nSPS) is 18.9. The quantitative estimate of drug-likeness (QED) is 0.851. The molecular formula is C17H24N2O2. The van der Waals surface area contributed by atoms with Crippen LogP contribution in [0.2, 0.25) is 0 Å². The molecule has 1 heterocycles. The second kappa shape index (κ2) is 8.04. The van der Waals surface area contributed by atoms with Gasteiger partial charge in [-0.05, 0) is 37.2 Å². The summed E-state index contributed by atoms with van der Waals surface area (Å²) in [6, 6.07) is 5.95. The van der Waals surface area contributed by atoms with Crippen molar-refractivity contribution in [2.75, 3.05) is 39.4 Å². The molecule has 0 aromatic heterocycles. The van der Waals surface area contributed by atoms with Crippen molar-refractivity contribution in [3.8, 4) is 17.6 Å². The molecule has 21 heavy (non-hydrogen) atoms. The van der Waals surface area contributed by atoms with E-state index in [0.717, 1.165) is 43.1 Å². The SMILES string of the molecule is CCN1CCOC(COc2ccc(C#CCN)c(C)c2)C1. The number of likely N-dealkylation sites (N-methyl/N-ethyl adjacent to an activating group) is 1. The minimum Gasteiger partial charge on any atom is -0.491 e. The summed E-state index contributed by atoms with van der Waals surface area (Å²) >= 11 is 0. The van der Waals surface area contributed by atoms with Gasteiger partial charge in [-0.1, -0.05) is 18.8 Å². The molecule has 2 rings (SSSR count). The van der Waals surface area contributed by atoms with Crippen LogP contribution in [0.5, 0.6) is 5.75 Å². The zero-order valence-electron chi connectivity index (χ0n) is 12.9. The van der Waals surface area contributed by atoms with Crippen molar-refractivity contribution < 1.29 is 9.47 Å². The summed E-state index contributed by atoms with van der Waals surface area (Å²) in [7, 11) is 0. The highest BCUT2D eigenvalue weighted by atomic mass is 16.5. The first-order chi connectivity index (χ1) is 10.2. The Morgan fingerprint density at radius 2 is 2.33 bits per heavy atom. The summed E-state index contributed by atoms with van der Waals surface area (Å²) in [4.78, 5) is 2.38. The van der Waals surface area contributed by atoms with Crippen LogP contribution in [-0.2, 0) is 4.74 Å². The van der Waals surface area contributed by atoms with Crippen LogP contribution in [0, 0.1) is 18.8 Å². The maximum absolute atomic E-state index is 5.85. The molecule has 1 unspecified atom stereocenters. The highest BCUT2D eigenvalue weighted by molar-refractivity contribution is 5.44. The number of hydrogen-bond acceptors (Lipinski definition) is 4. The highest BCUT2D eigenvalue weighted by Crippen LogP contribution is 2.17. The lowest BCUT2D eigenvalue weighted by Crippen LogP contribution is -2.44.